The van der Waals surface area contributed by atoms with Gasteiger partial charge in [0, 0.05) is 18.9 Å². The van der Waals surface area contributed by atoms with E-state index in [1.165, 1.54) is 22.3 Å². The molecular formula is C20H26N4. The fraction of sp³-hybridized carbons (Fsp3) is 0.400. The molecule has 0 amide bonds. The van der Waals surface area contributed by atoms with Crippen LogP contribution in [0.25, 0.3) is 11.1 Å². The normalized spacial score (nSPS) is 14.3. The highest BCUT2D eigenvalue weighted by atomic mass is 15.0. The summed E-state index contributed by atoms with van der Waals surface area (Å²) >= 11 is 0. The molecule has 24 heavy (non-hydrogen) atoms. The van der Waals surface area contributed by atoms with E-state index >= 15 is 0 Å². The molecule has 0 radical (unpaired) electrons. The Bertz CT molecular complexity index is 739. The van der Waals surface area contributed by atoms with Gasteiger partial charge in [0.1, 0.15) is 5.69 Å². The van der Waals surface area contributed by atoms with Crippen LogP contribution in [0.15, 0.2) is 36.7 Å². The second-order valence-electron chi connectivity index (χ2n) is 7.28. The molecule has 4 heteroatoms. The van der Waals surface area contributed by atoms with Crippen molar-refractivity contribution in [3.05, 3.63) is 53.5 Å². The minimum Gasteiger partial charge on any atom is -0.364 e. The van der Waals surface area contributed by atoms with Crippen LogP contribution >= 0.6 is 0 Å². The molecule has 126 valence electrons. The molecule has 3 N–H and O–H groups in total. The lowest BCUT2D eigenvalue weighted by molar-refractivity contribution is 0.590. The number of hydrogen-bond acceptors (Lipinski definition) is 4. The van der Waals surface area contributed by atoms with Gasteiger partial charge < -0.3 is 11.1 Å². The van der Waals surface area contributed by atoms with Crippen molar-refractivity contribution in [2.75, 3.05) is 18.4 Å². The van der Waals surface area contributed by atoms with Gasteiger partial charge >= 0.3 is 0 Å². The minimum atomic E-state index is 0.165. The molecule has 0 spiro atoms. The van der Waals surface area contributed by atoms with Gasteiger partial charge in [0.15, 0.2) is 5.82 Å². The number of benzene rings is 1. The second kappa shape index (κ2) is 6.73. The van der Waals surface area contributed by atoms with E-state index in [0.29, 0.717) is 6.54 Å². The van der Waals surface area contributed by atoms with Crippen LogP contribution < -0.4 is 11.1 Å². The zero-order valence-corrected chi connectivity index (χ0v) is 14.8. The third-order valence-electron chi connectivity index (χ3n) is 4.51. The van der Waals surface area contributed by atoms with E-state index in [4.69, 9.17) is 5.73 Å². The van der Waals surface area contributed by atoms with E-state index < -0.39 is 0 Å². The number of fused-ring (bicyclic) bond motifs is 1. The SMILES string of the molecule is CC(C)(C)c1ccc(C2=C(CCCN)c3nccnc3NC2)cc1. The zero-order valence-electron chi connectivity index (χ0n) is 14.8. The summed E-state index contributed by atoms with van der Waals surface area (Å²) in [7, 11) is 0. The standard InChI is InChI=1S/C20H26N4/c1-20(2,3)15-8-6-14(7-9-15)17-13-24-19-18(22-11-12-23-19)16(17)5-4-10-21/h6-9,11-12H,4-5,10,13,21H2,1-3H3,(H,23,24). The number of aromatic nitrogens is 2. The Hall–Kier alpha value is -2.20. The molecule has 0 unspecified atom stereocenters. The van der Waals surface area contributed by atoms with E-state index in [1.54, 1.807) is 12.4 Å². The fourth-order valence-corrected chi connectivity index (χ4v) is 3.11. The Labute approximate surface area is 144 Å². The highest BCUT2D eigenvalue weighted by molar-refractivity contribution is 5.96. The van der Waals surface area contributed by atoms with Crippen LogP contribution in [0, 0.1) is 0 Å². The molecule has 0 atom stereocenters. The van der Waals surface area contributed by atoms with Gasteiger partial charge in [-0.15, -0.1) is 0 Å². The molecule has 1 aromatic carbocycles. The summed E-state index contributed by atoms with van der Waals surface area (Å²) in [5, 5.41) is 3.40. The van der Waals surface area contributed by atoms with Crippen molar-refractivity contribution < 1.29 is 0 Å². The van der Waals surface area contributed by atoms with Crippen molar-refractivity contribution in [1.82, 2.24) is 9.97 Å². The summed E-state index contributed by atoms with van der Waals surface area (Å²) in [6.45, 7) is 8.18. The number of hydrogen-bond donors (Lipinski definition) is 2. The third-order valence-corrected chi connectivity index (χ3v) is 4.51. The van der Waals surface area contributed by atoms with Crippen LogP contribution in [0.4, 0.5) is 5.82 Å². The van der Waals surface area contributed by atoms with Gasteiger partial charge in [0.05, 0.1) is 0 Å². The summed E-state index contributed by atoms with van der Waals surface area (Å²) in [6, 6.07) is 8.91. The topological polar surface area (TPSA) is 63.8 Å². The molecule has 0 aliphatic carbocycles. The predicted molar refractivity (Wildman–Crippen MR) is 101 cm³/mol. The molecule has 0 bridgehead atoms. The molecule has 0 saturated carbocycles. The number of allylic oxidation sites excluding steroid dienone is 1. The van der Waals surface area contributed by atoms with Gasteiger partial charge in [0.2, 0.25) is 0 Å². The maximum atomic E-state index is 5.74. The van der Waals surface area contributed by atoms with Crippen molar-refractivity contribution in [2.24, 2.45) is 5.73 Å². The average molecular weight is 322 g/mol. The van der Waals surface area contributed by atoms with Crippen molar-refractivity contribution in [3.63, 3.8) is 0 Å². The van der Waals surface area contributed by atoms with E-state index in [-0.39, 0.29) is 5.41 Å². The number of anilines is 1. The monoisotopic (exact) mass is 322 g/mol. The average Bonchev–Trinajstić information content (AvgIpc) is 2.59. The quantitative estimate of drug-likeness (QED) is 0.897. The number of nitrogens with two attached hydrogens (primary N) is 1. The smallest absolute Gasteiger partial charge is 0.152 e. The first-order valence-electron chi connectivity index (χ1n) is 8.59. The Morgan fingerprint density at radius 2 is 1.79 bits per heavy atom. The highest BCUT2D eigenvalue weighted by Crippen LogP contribution is 2.36. The second-order valence-corrected chi connectivity index (χ2v) is 7.28. The van der Waals surface area contributed by atoms with Crippen LogP contribution in [-0.2, 0) is 5.41 Å². The van der Waals surface area contributed by atoms with Gasteiger partial charge in [-0.2, -0.15) is 0 Å². The Balaban J connectivity index is 2.04. The number of nitrogens with one attached hydrogen (secondary N) is 1. The Morgan fingerprint density at radius 1 is 1.08 bits per heavy atom. The molecule has 1 aliphatic rings. The molecule has 1 aliphatic heterocycles. The fourth-order valence-electron chi connectivity index (χ4n) is 3.11. The summed E-state index contributed by atoms with van der Waals surface area (Å²) < 4.78 is 0. The van der Waals surface area contributed by atoms with Crippen LogP contribution in [0.3, 0.4) is 0 Å². The Morgan fingerprint density at radius 3 is 2.46 bits per heavy atom. The van der Waals surface area contributed by atoms with Gasteiger partial charge in [0.25, 0.3) is 0 Å². The predicted octanol–water partition coefficient (Wildman–Crippen LogP) is 3.85. The largest absolute Gasteiger partial charge is 0.364 e. The van der Waals surface area contributed by atoms with Crippen LogP contribution in [-0.4, -0.2) is 23.1 Å². The van der Waals surface area contributed by atoms with E-state index in [1.807, 2.05) is 0 Å². The first-order valence-corrected chi connectivity index (χ1v) is 8.59. The summed E-state index contributed by atoms with van der Waals surface area (Å²) in [5.74, 6) is 0.875. The summed E-state index contributed by atoms with van der Waals surface area (Å²) in [5.41, 5.74) is 12.0. The first-order chi connectivity index (χ1) is 11.5. The van der Waals surface area contributed by atoms with Gasteiger partial charge in [-0.1, -0.05) is 45.0 Å². The van der Waals surface area contributed by atoms with Gasteiger partial charge in [-0.3, -0.25) is 4.98 Å². The van der Waals surface area contributed by atoms with E-state index in [9.17, 15) is 0 Å². The molecule has 1 aromatic heterocycles. The number of rotatable bonds is 4. The summed E-state index contributed by atoms with van der Waals surface area (Å²) in [4.78, 5) is 8.98. The molecule has 3 rings (SSSR count). The highest BCUT2D eigenvalue weighted by Gasteiger charge is 2.22. The molecule has 4 nitrogen and oxygen atoms in total. The lowest BCUT2D eigenvalue weighted by atomic mass is 9.85. The zero-order chi connectivity index (χ0) is 17.2. The third kappa shape index (κ3) is 3.34. The van der Waals surface area contributed by atoms with Crippen molar-refractivity contribution in [1.29, 1.82) is 0 Å². The summed E-state index contributed by atoms with van der Waals surface area (Å²) in [6.07, 6.45) is 5.37. The molecule has 0 fully saturated rings. The molecule has 2 heterocycles. The van der Waals surface area contributed by atoms with Crippen molar-refractivity contribution in [3.8, 4) is 0 Å². The lowest BCUT2D eigenvalue weighted by Crippen LogP contribution is -2.17. The lowest BCUT2D eigenvalue weighted by Gasteiger charge is -2.24. The maximum Gasteiger partial charge on any atom is 0.152 e. The minimum absolute atomic E-state index is 0.165. The van der Waals surface area contributed by atoms with Gasteiger partial charge in [-0.05, 0) is 47.1 Å². The number of nitrogens with zero attached hydrogens (tertiary/aromatic N) is 2. The van der Waals surface area contributed by atoms with Crippen LogP contribution in [0.1, 0.15) is 50.4 Å². The van der Waals surface area contributed by atoms with Crippen LogP contribution in [0.2, 0.25) is 0 Å². The first kappa shape index (κ1) is 16.7. The van der Waals surface area contributed by atoms with Gasteiger partial charge in [-0.25, -0.2) is 4.98 Å². The maximum absolute atomic E-state index is 5.74. The Kier molecular flexibility index (Phi) is 4.67. The van der Waals surface area contributed by atoms with E-state index in [0.717, 1.165) is 30.9 Å². The van der Waals surface area contributed by atoms with Crippen LogP contribution in [0.5, 0.6) is 0 Å². The van der Waals surface area contributed by atoms with Crippen molar-refractivity contribution >= 4 is 17.0 Å². The van der Waals surface area contributed by atoms with E-state index in [2.05, 4.69) is 60.3 Å². The van der Waals surface area contributed by atoms with Crippen molar-refractivity contribution in [2.45, 2.75) is 39.0 Å². The molecule has 2 aromatic rings. The molecular weight excluding hydrogens is 296 g/mol. The molecule has 0 saturated heterocycles.